The van der Waals surface area contributed by atoms with Crippen LogP contribution < -0.4 is 11.1 Å². The molecular formula is C15H15BrN2O2. The number of rotatable bonds is 4. The zero-order chi connectivity index (χ0) is 14.5. The van der Waals surface area contributed by atoms with Crippen LogP contribution >= 0.6 is 15.9 Å². The molecule has 104 valence electrons. The molecule has 0 heterocycles. The van der Waals surface area contributed by atoms with Crippen molar-refractivity contribution < 1.29 is 9.90 Å². The van der Waals surface area contributed by atoms with Gasteiger partial charge in [0, 0.05) is 16.6 Å². The van der Waals surface area contributed by atoms with E-state index in [4.69, 9.17) is 5.73 Å². The largest absolute Gasteiger partial charge is 0.506 e. The van der Waals surface area contributed by atoms with Gasteiger partial charge in [0.2, 0.25) is 5.91 Å². The van der Waals surface area contributed by atoms with Crippen LogP contribution in [0, 0.1) is 0 Å². The lowest BCUT2D eigenvalue weighted by Gasteiger charge is -2.08. The molecule has 2 aromatic rings. The van der Waals surface area contributed by atoms with Gasteiger partial charge in [-0.25, -0.2) is 0 Å². The van der Waals surface area contributed by atoms with Crippen LogP contribution in [0.15, 0.2) is 46.9 Å². The molecule has 0 saturated carbocycles. The molecule has 0 fully saturated rings. The Kier molecular flexibility index (Phi) is 4.63. The van der Waals surface area contributed by atoms with Gasteiger partial charge in [0.25, 0.3) is 0 Å². The van der Waals surface area contributed by atoms with E-state index in [1.165, 1.54) is 6.07 Å². The fourth-order valence-electron chi connectivity index (χ4n) is 1.76. The average Bonchev–Trinajstić information content (AvgIpc) is 2.42. The summed E-state index contributed by atoms with van der Waals surface area (Å²) in [6.45, 7) is 0. The zero-order valence-electron chi connectivity index (χ0n) is 10.8. The van der Waals surface area contributed by atoms with E-state index in [1.54, 1.807) is 12.1 Å². The molecule has 0 aliphatic carbocycles. The molecule has 0 atom stereocenters. The number of aromatic hydroxyl groups is 1. The molecule has 4 nitrogen and oxygen atoms in total. The fourth-order valence-corrected chi connectivity index (χ4v) is 2.12. The first-order valence-electron chi connectivity index (χ1n) is 6.17. The number of halogens is 1. The van der Waals surface area contributed by atoms with Gasteiger partial charge in [0.1, 0.15) is 5.75 Å². The first-order chi connectivity index (χ1) is 9.54. The van der Waals surface area contributed by atoms with E-state index >= 15 is 0 Å². The number of benzene rings is 2. The molecular weight excluding hydrogens is 320 g/mol. The van der Waals surface area contributed by atoms with Crippen LogP contribution in [-0.4, -0.2) is 11.0 Å². The van der Waals surface area contributed by atoms with Gasteiger partial charge in [-0.15, -0.1) is 0 Å². The van der Waals surface area contributed by atoms with E-state index in [-0.39, 0.29) is 11.7 Å². The van der Waals surface area contributed by atoms with Crippen molar-refractivity contribution in [1.29, 1.82) is 0 Å². The normalized spacial score (nSPS) is 10.2. The maximum atomic E-state index is 11.9. The van der Waals surface area contributed by atoms with E-state index in [1.807, 2.05) is 24.3 Å². The van der Waals surface area contributed by atoms with E-state index in [0.717, 1.165) is 10.0 Å². The van der Waals surface area contributed by atoms with E-state index in [9.17, 15) is 9.90 Å². The van der Waals surface area contributed by atoms with Crippen molar-refractivity contribution >= 4 is 33.2 Å². The Balaban J connectivity index is 1.92. The van der Waals surface area contributed by atoms with Gasteiger partial charge in [0.05, 0.1) is 5.69 Å². The van der Waals surface area contributed by atoms with E-state index < -0.39 is 0 Å². The Bertz CT molecular complexity index is 612. The second-order valence-corrected chi connectivity index (χ2v) is 5.37. The fraction of sp³-hybridized carbons (Fsp3) is 0.133. The van der Waals surface area contributed by atoms with Crippen molar-refractivity contribution in [2.45, 2.75) is 12.8 Å². The highest BCUT2D eigenvalue weighted by molar-refractivity contribution is 9.10. The molecule has 0 radical (unpaired) electrons. The summed E-state index contributed by atoms with van der Waals surface area (Å²) in [4.78, 5) is 11.9. The minimum absolute atomic E-state index is 0.0500. The zero-order valence-corrected chi connectivity index (χ0v) is 12.4. The number of phenols is 1. The van der Waals surface area contributed by atoms with Crippen LogP contribution in [0.5, 0.6) is 5.75 Å². The SMILES string of the molecule is Nc1ccc(CCC(=O)Nc2cc(Br)ccc2O)cc1. The van der Waals surface area contributed by atoms with Gasteiger partial charge in [-0.05, 0) is 42.3 Å². The third-order valence-corrected chi connectivity index (χ3v) is 3.35. The molecule has 0 aromatic heterocycles. The smallest absolute Gasteiger partial charge is 0.224 e. The molecule has 5 heteroatoms. The summed E-state index contributed by atoms with van der Waals surface area (Å²) in [5, 5.41) is 12.3. The van der Waals surface area contributed by atoms with Crippen LogP contribution in [0.25, 0.3) is 0 Å². The van der Waals surface area contributed by atoms with Gasteiger partial charge in [-0.1, -0.05) is 28.1 Å². The van der Waals surface area contributed by atoms with Crippen LogP contribution in [0.2, 0.25) is 0 Å². The second-order valence-electron chi connectivity index (χ2n) is 4.45. The van der Waals surface area contributed by atoms with Crippen molar-refractivity contribution in [2.75, 3.05) is 11.1 Å². The molecule has 0 spiro atoms. The number of hydrogen-bond acceptors (Lipinski definition) is 3. The maximum Gasteiger partial charge on any atom is 0.224 e. The Morgan fingerprint density at radius 1 is 1.20 bits per heavy atom. The summed E-state index contributed by atoms with van der Waals surface area (Å²) in [5.74, 6) is -0.0933. The first-order valence-corrected chi connectivity index (χ1v) is 6.96. The van der Waals surface area contributed by atoms with Gasteiger partial charge < -0.3 is 16.2 Å². The summed E-state index contributed by atoms with van der Waals surface area (Å²) in [6.07, 6.45) is 0.969. The molecule has 1 amide bonds. The van der Waals surface area contributed by atoms with Crippen molar-refractivity contribution in [3.05, 3.63) is 52.5 Å². The summed E-state index contributed by atoms with van der Waals surface area (Å²) in [5.41, 5.74) is 7.76. The van der Waals surface area contributed by atoms with Gasteiger partial charge in [-0.2, -0.15) is 0 Å². The molecule has 0 unspecified atom stereocenters. The molecule has 0 bridgehead atoms. The highest BCUT2D eigenvalue weighted by Gasteiger charge is 2.07. The van der Waals surface area contributed by atoms with Crippen LogP contribution in [0.4, 0.5) is 11.4 Å². The Morgan fingerprint density at radius 2 is 1.90 bits per heavy atom. The minimum Gasteiger partial charge on any atom is -0.506 e. The first kappa shape index (κ1) is 14.4. The highest BCUT2D eigenvalue weighted by Crippen LogP contribution is 2.26. The number of nitrogens with two attached hydrogens (primary N) is 1. The minimum atomic E-state index is -0.143. The monoisotopic (exact) mass is 334 g/mol. The van der Waals surface area contributed by atoms with Crippen LogP contribution in [0.3, 0.4) is 0 Å². The molecule has 4 N–H and O–H groups in total. The lowest BCUT2D eigenvalue weighted by molar-refractivity contribution is -0.116. The van der Waals surface area contributed by atoms with Crippen molar-refractivity contribution in [1.82, 2.24) is 0 Å². The number of carbonyl (C=O) groups is 1. The lowest BCUT2D eigenvalue weighted by atomic mass is 10.1. The number of phenolic OH excluding ortho intramolecular Hbond substituents is 1. The number of anilines is 2. The Morgan fingerprint density at radius 3 is 2.60 bits per heavy atom. The number of amides is 1. The number of hydrogen-bond donors (Lipinski definition) is 3. The third kappa shape index (κ3) is 3.99. The van der Waals surface area contributed by atoms with E-state index in [2.05, 4.69) is 21.2 Å². The van der Waals surface area contributed by atoms with Crippen LogP contribution in [-0.2, 0) is 11.2 Å². The summed E-state index contributed by atoms with van der Waals surface area (Å²) >= 11 is 3.29. The number of aryl methyl sites for hydroxylation is 1. The molecule has 0 aliphatic rings. The van der Waals surface area contributed by atoms with Crippen LogP contribution in [0.1, 0.15) is 12.0 Å². The topological polar surface area (TPSA) is 75.4 Å². The predicted molar refractivity (Wildman–Crippen MR) is 83.6 cm³/mol. The van der Waals surface area contributed by atoms with Gasteiger partial charge >= 0.3 is 0 Å². The molecule has 0 saturated heterocycles. The number of carbonyl (C=O) groups excluding carboxylic acids is 1. The quantitative estimate of drug-likeness (QED) is 0.593. The summed E-state index contributed by atoms with van der Waals surface area (Å²) < 4.78 is 0.795. The standard InChI is InChI=1S/C15H15BrN2O2/c16-11-4-7-14(19)13(9-11)18-15(20)8-3-10-1-5-12(17)6-2-10/h1-2,4-7,9,19H,3,8,17H2,(H,18,20). The number of nitrogen functional groups attached to an aromatic ring is 1. The Hall–Kier alpha value is -2.01. The highest BCUT2D eigenvalue weighted by atomic mass is 79.9. The predicted octanol–water partition coefficient (Wildman–Crippen LogP) is 3.31. The Labute approximate surface area is 125 Å². The van der Waals surface area contributed by atoms with Crippen molar-refractivity contribution in [3.63, 3.8) is 0 Å². The molecule has 2 rings (SSSR count). The molecule has 2 aromatic carbocycles. The summed E-state index contributed by atoms with van der Waals surface area (Å²) in [6, 6.07) is 12.3. The number of nitrogens with one attached hydrogen (secondary N) is 1. The van der Waals surface area contributed by atoms with Crippen molar-refractivity contribution in [3.8, 4) is 5.75 Å². The maximum absolute atomic E-state index is 11.9. The van der Waals surface area contributed by atoms with E-state index in [0.29, 0.717) is 24.2 Å². The second kappa shape index (κ2) is 6.43. The summed E-state index contributed by atoms with van der Waals surface area (Å²) in [7, 11) is 0. The molecule has 20 heavy (non-hydrogen) atoms. The van der Waals surface area contributed by atoms with Gasteiger partial charge in [-0.3, -0.25) is 4.79 Å². The third-order valence-electron chi connectivity index (χ3n) is 2.85. The molecule has 0 aliphatic heterocycles. The lowest BCUT2D eigenvalue weighted by Crippen LogP contribution is -2.12. The average molecular weight is 335 g/mol. The van der Waals surface area contributed by atoms with Crippen molar-refractivity contribution in [2.24, 2.45) is 0 Å². The van der Waals surface area contributed by atoms with Gasteiger partial charge in [0.15, 0.2) is 0 Å².